The normalized spacial score (nSPS) is 18.2. The number of esters is 1. The Hall–Kier alpha value is -2.05. The van der Waals surface area contributed by atoms with E-state index in [9.17, 15) is 9.59 Å². The summed E-state index contributed by atoms with van der Waals surface area (Å²) in [7, 11) is 1.30. The van der Waals surface area contributed by atoms with E-state index in [-0.39, 0.29) is 6.42 Å². The topological polar surface area (TPSA) is 69.0 Å². The molecule has 0 amide bonds. The summed E-state index contributed by atoms with van der Waals surface area (Å²) in [5.41, 5.74) is 1.79. The summed E-state index contributed by atoms with van der Waals surface area (Å²) in [6.45, 7) is 2.94. The zero-order valence-electron chi connectivity index (χ0n) is 16.9. The smallest absolute Gasteiger partial charge is 0.340 e. The Morgan fingerprint density at radius 3 is 2.69 bits per heavy atom. The van der Waals surface area contributed by atoms with Crippen LogP contribution in [0.15, 0.2) is 15.3 Å². The summed E-state index contributed by atoms with van der Waals surface area (Å²) in [4.78, 5) is 26.7. The number of hydrogen-bond donors (Lipinski definition) is 0. The maximum Gasteiger partial charge on any atom is 0.340 e. The molecule has 1 aromatic heterocycles. The number of fused-ring (bicyclic) bond motifs is 3. The van der Waals surface area contributed by atoms with E-state index in [0.29, 0.717) is 46.8 Å². The number of ether oxygens (including phenoxy) is 2. The number of benzene rings is 1. The number of carbonyl (C=O) groups is 1. The molecule has 0 N–H and O–H groups in total. The number of aryl methyl sites for hydroxylation is 1. The molecule has 0 bridgehead atoms. The summed E-state index contributed by atoms with van der Waals surface area (Å²) in [5.74, 6) is 0.110. The molecule has 4 rings (SSSR count). The first-order valence-electron chi connectivity index (χ1n) is 10.2. The van der Waals surface area contributed by atoms with Crippen molar-refractivity contribution in [3.8, 4) is 5.75 Å². The van der Waals surface area contributed by atoms with Crippen molar-refractivity contribution < 1.29 is 18.7 Å². The molecular weight excluding hydrogens is 394 g/mol. The van der Waals surface area contributed by atoms with Crippen LogP contribution in [0.1, 0.15) is 55.2 Å². The third-order valence-electron chi connectivity index (χ3n) is 6.20. The Kier molecular flexibility index (Phi) is 5.83. The van der Waals surface area contributed by atoms with E-state index in [1.807, 2.05) is 6.92 Å². The molecule has 0 saturated heterocycles. The fraction of sp³-hybridized carbons (Fsp3) is 0.545. The highest BCUT2D eigenvalue weighted by molar-refractivity contribution is 6.33. The van der Waals surface area contributed by atoms with Crippen molar-refractivity contribution in [3.05, 3.63) is 38.2 Å². The van der Waals surface area contributed by atoms with Gasteiger partial charge in [-0.25, -0.2) is 4.79 Å². The second-order valence-corrected chi connectivity index (χ2v) is 8.36. The van der Waals surface area contributed by atoms with Crippen LogP contribution >= 0.6 is 11.6 Å². The molecule has 6 nitrogen and oxygen atoms in total. The second kappa shape index (κ2) is 8.36. The van der Waals surface area contributed by atoms with Crippen LogP contribution in [0.3, 0.4) is 0 Å². The number of carbonyl (C=O) groups excluding carboxylic acids is 1. The molecule has 1 aliphatic carbocycles. The lowest BCUT2D eigenvalue weighted by molar-refractivity contribution is -0.139. The van der Waals surface area contributed by atoms with E-state index >= 15 is 0 Å². The monoisotopic (exact) mass is 419 g/mol. The lowest BCUT2D eigenvalue weighted by Crippen LogP contribution is -2.40. The first-order chi connectivity index (χ1) is 14.0. The van der Waals surface area contributed by atoms with Crippen LogP contribution in [-0.2, 0) is 22.5 Å². The summed E-state index contributed by atoms with van der Waals surface area (Å²) in [5, 5.41) is 1.23. The van der Waals surface area contributed by atoms with Crippen molar-refractivity contribution in [2.75, 3.05) is 13.8 Å². The summed E-state index contributed by atoms with van der Waals surface area (Å²) in [6.07, 6.45) is 7.22. The Bertz CT molecular complexity index is 991. The van der Waals surface area contributed by atoms with Gasteiger partial charge in [0.05, 0.1) is 29.7 Å². The van der Waals surface area contributed by atoms with Crippen LogP contribution in [0.25, 0.3) is 11.0 Å². The predicted octanol–water partition coefficient (Wildman–Crippen LogP) is 4.35. The van der Waals surface area contributed by atoms with Gasteiger partial charge in [-0.05, 0) is 31.4 Å². The lowest BCUT2D eigenvalue weighted by atomic mass is 9.99. The number of hydrogen-bond acceptors (Lipinski definition) is 6. The number of rotatable bonds is 3. The lowest BCUT2D eigenvalue weighted by Gasteiger charge is -2.35. The maximum absolute atomic E-state index is 12.6. The van der Waals surface area contributed by atoms with Crippen LogP contribution in [0.4, 0.5) is 0 Å². The molecule has 7 heteroatoms. The Morgan fingerprint density at radius 2 is 2.00 bits per heavy atom. The SMILES string of the molecule is COC(=O)Cc1c(C)c2cc(Cl)c3c(c2oc1=O)CN(C1CCCCCC1)CO3. The molecule has 2 aliphatic rings. The molecule has 1 saturated carbocycles. The van der Waals surface area contributed by atoms with Gasteiger partial charge in [0.15, 0.2) is 0 Å². The molecule has 2 aromatic rings. The highest BCUT2D eigenvalue weighted by Crippen LogP contribution is 2.40. The highest BCUT2D eigenvalue weighted by atomic mass is 35.5. The molecule has 1 aliphatic heterocycles. The van der Waals surface area contributed by atoms with Gasteiger partial charge in [0.25, 0.3) is 0 Å². The van der Waals surface area contributed by atoms with Crippen LogP contribution < -0.4 is 10.4 Å². The Balaban J connectivity index is 1.77. The van der Waals surface area contributed by atoms with E-state index < -0.39 is 11.6 Å². The van der Waals surface area contributed by atoms with E-state index in [1.165, 1.54) is 32.8 Å². The van der Waals surface area contributed by atoms with Gasteiger partial charge in [0.2, 0.25) is 0 Å². The van der Waals surface area contributed by atoms with Gasteiger partial charge in [-0.2, -0.15) is 0 Å². The van der Waals surface area contributed by atoms with Crippen molar-refractivity contribution in [2.45, 2.75) is 64.5 Å². The summed E-state index contributed by atoms with van der Waals surface area (Å²) >= 11 is 6.52. The summed E-state index contributed by atoms with van der Waals surface area (Å²) in [6, 6.07) is 2.22. The average molecular weight is 420 g/mol. The zero-order valence-corrected chi connectivity index (χ0v) is 17.6. The van der Waals surface area contributed by atoms with Crippen LogP contribution in [-0.4, -0.2) is 30.8 Å². The molecule has 2 heterocycles. The van der Waals surface area contributed by atoms with E-state index in [2.05, 4.69) is 4.90 Å². The van der Waals surface area contributed by atoms with Gasteiger partial charge >= 0.3 is 11.6 Å². The van der Waals surface area contributed by atoms with Gasteiger partial charge in [-0.15, -0.1) is 0 Å². The maximum atomic E-state index is 12.6. The van der Waals surface area contributed by atoms with E-state index in [4.69, 9.17) is 25.5 Å². The average Bonchev–Trinajstić information content (AvgIpc) is 3.01. The quantitative estimate of drug-likeness (QED) is 0.418. The van der Waals surface area contributed by atoms with Crippen molar-refractivity contribution >= 4 is 28.5 Å². The minimum absolute atomic E-state index is 0.125. The number of nitrogens with zero attached hydrogens (tertiary/aromatic N) is 1. The molecule has 0 atom stereocenters. The van der Waals surface area contributed by atoms with Crippen molar-refractivity contribution in [3.63, 3.8) is 0 Å². The molecule has 29 heavy (non-hydrogen) atoms. The first-order valence-corrected chi connectivity index (χ1v) is 10.6. The zero-order chi connectivity index (χ0) is 20.5. The molecule has 0 radical (unpaired) electrons. The minimum Gasteiger partial charge on any atom is -0.476 e. The standard InChI is InChI=1S/C22H26ClNO5/c1-13-15-9-18(23)21-17(20(15)29-22(26)16(13)10-19(25)27-2)11-24(12-28-21)14-7-5-3-4-6-8-14/h9,14H,3-8,10-12H2,1-2H3. The molecular formula is C22H26ClNO5. The van der Waals surface area contributed by atoms with E-state index in [1.54, 1.807) is 6.07 Å². The Labute approximate surface area is 174 Å². The van der Waals surface area contributed by atoms with Gasteiger partial charge in [0, 0.05) is 18.0 Å². The van der Waals surface area contributed by atoms with Crippen LogP contribution in [0.5, 0.6) is 5.75 Å². The first kappa shape index (κ1) is 20.2. The molecule has 1 fully saturated rings. The van der Waals surface area contributed by atoms with Crippen molar-refractivity contribution in [2.24, 2.45) is 0 Å². The van der Waals surface area contributed by atoms with Crippen molar-refractivity contribution in [1.82, 2.24) is 4.90 Å². The highest BCUT2D eigenvalue weighted by Gasteiger charge is 2.30. The van der Waals surface area contributed by atoms with Gasteiger partial charge in [-0.3, -0.25) is 9.69 Å². The second-order valence-electron chi connectivity index (χ2n) is 7.95. The van der Waals surface area contributed by atoms with Gasteiger partial charge in [0.1, 0.15) is 18.1 Å². The Morgan fingerprint density at radius 1 is 1.28 bits per heavy atom. The summed E-state index contributed by atoms with van der Waals surface area (Å²) < 4.78 is 16.4. The molecule has 0 spiro atoms. The predicted molar refractivity (Wildman–Crippen MR) is 110 cm³/mol. The number of methoxy groups -OCH3 is 1. The number of halogens is 1. The van der Waals surface area contributed by atoms with Crippen LogP contribution in [0.2, 0.25) is 5.02 Å². The van der Waals surface area contributed by atoms with Crippen molar-refractivity contribution in [1.29, 1.82) is 0 Å². The van der Waals surface area contributed by atoms with Crippen LogP contribution in [0, 0.1) is 6.92 Å². The minimum atomic E-state index is -0.517. The molecule has 1 aromatic carbocycles. The third-order valence-corrected chi connectivity index (χ3v) is 6.49. The largest absolute Gasteiger partial charge is 0.476 e. The fourth-order valence-electron chi connectivity index (χ4n) is 4.51. The molecule has 156 valence electrons. The third kappa shape index (κ3) is 3.88. The van der Waals surface area contributed by atoms with Gasteiger partial charge in [-0.1, -0.05) is 37.3 Å². The molecule has 0 unspecified atom stereocenters. The van der Waals surface area contributed by atoms with Gasteiger partial charge < -0.3 is 13.9 Å². The van der Waals surface area contributed by atoms with E-state index in [0.717, 1.165) is 23.8 Å². The fourth-order valence-corrected chi connectivity index (χ4v) is 4.79.